The average Bonchev–Trinajstić information content (AvgIpc) is 2.74. The molecule has 1 heterocycles. The predicted octanol–water partition coefficient (Wildman–Crippen LogP) is 4.04. The molecule has 1 amide bonds. The standard InChI is InChI=1S/C23H21FN2O4S/c1-15-3-10-19(11-4-15)31(28,29)26-14-22(30-21-12-5-16(2)13-20(21)26)23(27)25-18-8-6-17(24)7-9-18/h3-13,22H,14H2,1-2H3,(H,25,27)/t22-/m0/s1. The second-order valence-electron chi connectivity index (χ2n) is 7.42. The number of rotatable bonds is 4. The minimum atomic E-state index is -3.93. The number of carbonyl (C=O) groups is 1. The second-order valence-corrected chi connectivity index (χ2v) is 9.29. The summed E-state index contributed by atoms with van der Waals surface area (Å²) in [5.41, 5.74) is 2.57. The van der Waals surface area contributed by atoms with Gasteiger partial charge in [-0.25, -0.2) is 12.8 Å². The molecule has 1 N–H and O–H groups in total. The number of ether oxygens (including phenoxy) is 1. The summed E-state index contributed by atoms with van der Waals surface area (Å²) in [7, 11) is -3.93. The van der Waals surface area contributed by atoms with Gasteiger partial charge in [0.25, 0.3) is 15.9 Å². The number of sulfonamides is 1. The molecule has 1 aliphatic rings. The maximum atomic E-state index is 13.4. The number of amides is 1. The summed E-state index contributed by atoms with van der Waals surface area (Å²) in [5, 5.41) is 2.65. The molecule has 1 atom stereocenters. The molecule has 31 heavy (non-hydrogen) atoms. The first kappa shape index (κ1) is 20.9. The topological polar surface area (TPSA) is 75.7 Å². The number of nitrogens with zero attached hydrogens (tertiary/aromatic N) is 1. The Kier molecular flexibility index (Phi) is 5.41. The molecule has 0 saturated carbocycles. The summed E-state index contributed by atoms with van der Waals surface area (Å²) in [4.78, 5) is 13.0. The van der Waals surface area contributed by atoms with Crippen LogP contribution in [0.25, 0.3) is 0 Å². The Morgan fingerprint density at radius 1 is 1.00 bits per heavy atom. The van der Waals surface area contributed by atoms with E-state index in [0.717, 1.165) is 11.1 Å². The third-order valence-electron chi connectivity index (χ3n) is 5.00. The molecule has 3 aromatic carbocycles. The van der Waals surface area contributed by atoms with E-state index in [1.807, 2.05) is 13.8 Å². The number of fused-ring (bicyclic) bond motifs is 1. The average molecular weight is 440 g/mol. The predicted molar refractivity (Wildman–Crippen MR) is 116 cm³/mol. The summed E-state index contributed by atoms with van der Waals surface area (Å²) in [6, 6.07) is 17.0. The maximum absolute atomic E-state index is 13.4. The zero-order chi connectivity index (χ0) is 22.2. The van der Waals surface area contributed by atoms with Crippen molar-refractivity contribution in [1.82, 2.24) is 0 Å². The van der Waals surface area contributed by atoms with Gasteiger partial charge in [0.15, 0.2) is 6.10 Å². The van der Waals surface area contributed by atoms with Gasteiger partial charge in [0, 0.05) is 5.69 Å². The van der Waals surface area contributed by atoms with Crippen molar-refractivity contribution in [3.63, 3.8) is 0 Å². The highest BCUT2D eigenvalue weighted by atomic mass is 32.2. The second kappa shape index (κ2) is 8.03. The van der Waals surface area contributed by atoms with Crippen molar-refractivity contribution >= 4 is 27.3 Å². The van der Waals surface area contributed by atoms with E-state index in [0.29, 0.717) is 17.1 Å². The molecule has 1 aliphatic heterocycles. The van der Waals surface area contributed by atoms with Crippen LogP contribution in [0.3, 0.4) is 0 Å². The molecule has 0 saturated heterocycles. The quantitative estimate of drug-likeness (QED) is 0.665. The van der Waals surface area contributed by atoms with Crippen molar-refractivity contribution in [2.24, 2.45) is 0 Å². The molecule has 0 aliphatic carbocycles. The smallest absolute Gasteiger partial charge is 0.267 e. The van der Waals surface area contributed by atoms with E-state index in [4.69, 9.17) is 4.74 Å². The monoisotopic (exact) mass is 440 g/mol. The first-order valence-electron chi connectivity index (χ1n) is 9.67. The molecule has 3 aromatic rings. The molecule has 0 fully saturated rings. The van der Waals surface area contributed by atoms with Gasteiger partial charge < -0.3 is 10.1 Å². The molecular formula is C23H21FN2O4S. The number of hydrogen-bond acceptors (Lipinski definition) is 4. The Labute approximate surface area is 180 Å². The minimum Gasteiger partial charge on any atom is -0.476 e. The highest BCUT2D eigenvalue weighted by Gasteiger charge is 2.37. The Balaban J connectivity index is 1.69. The van der Waals surface area contributed by atoms with Crippen molar-refractivity contribution in [3.8, 4) is 5.75 Å². The van der Waals surface area contributed by atoms with E-state index < -0.39 is 27.9 Å². The van der Waals surface area contributed by atoms with E-state index in [1.54, 1.807) is 42.5 Å². The van der Waals surface area contributed by atoms with Crippen molar-refractivity contribution in [3.05, 3.63) is 83.7 Å². The molecule has 4 rings (SSSR count). The lowest BCUT2D eigenvalue weighted by Gasteiger charge is -2.35. The molecule has 6 nitrogen and oxygen atoms in total. The lowest BCUT2D eigenvalue weighted by atomic mass is 10.1. The number of carbonyl (C=O) groups excluding carboxylic acids is 1. The summed E-state index contributed by atoms with van der Waals surface area (Å²) in [6.07, 6.45) is -1.08. The van der Waals surface area contributed by atoms with Gasteiger partial charge in [-0.1, -0.05) is 23.8 Å². The lowest BCUT2D eigenvalue weighted by molar-refractivity contribution is -0.122. The van der Waals surface area contributed by atoms with Crippen LogP contribution in [0.5, 0.6) is 5.75 Å². The van der Waals surface area contributed by atoms with Crippen LogP contribution in [0, 0.1) is 19.7 Å². The summed E-state index contributed by atoms with van der Waals surface area (Å²) < 4.78 is 47.0. The van der Waals surface area contributed by atoms with Gasteiger partial charge in [-0.2, -0.15) is 0 Å². The van der Waals surface area contributed by atoms with Gasteiger partial charge in [0.2, 0.25) is 0 Å². The molecule has 0 bridgehead atoms. The Morgan fingerprint density at radius 2 is 1.65 bits per heavy atom. The third-order valence-corrected chi connectivity index (χ3v) is 6.79. The van der Waals surface area contributed by atoms with Crippen LogP contribution in [0.15, 0.2) is 71.6 Å². The van der Waals surface area contributed by atoms with E-state index in [1.165, 1.54) is 28.6 Å². The van der Waals surface area contributed by atoms with Crippen LogP contribution in [0.4, 0.5) is 15.8 Å². The SMILES string of the molecule is Cc1ccc(S(=O)(=O)N2C[C@@H](C(=O)Nc3ccc(F)cc3)Oc3ccc(C)cc32)cc1. The molecule has 0 unspecified atom stereocenters. The molecule has 0 aromatic heterocycles. The van der Waals surface area contributed by atoms with Gasteiger partial charge in [-0.15, -0.1) is 0 Å². The number of benzene rings is 3. The molecule has 0 spiro atoms. The van der Waals surface area contributed by atoms with Crippen LogP contribution in [0.2, 0.25) is 0 Å². The van der Waals surface area contributed by atoms with Crippen LogP contribution >= 0.6 is 0 Å². The fourth-order valence-electron chi connectivity index (χ4n) is 3.32. The highest BCUT2D eigenvalue weighted by Crippen LogP contribution is 2.38. The van der Waals surface area contributed by atoms with E-state index in [9.17, 15) is 17.6 Å². The zero-order valence-electron chi connectivity index (χ0n) is 17.0. The number of halogens is 1. The molecule has 160 valence electrons. The van der Waals surface area contributed by atoms with Gasteiger partial charge in [-0.05, 0) is 67.9 Å². The van der Waals surface area contributed by atoms with Crippen molar-refractivity contribution in [1.29, 1.82) is 0 Å². The fourth-order valence-corrected chi connectivity index (χ4v) is 4.79. The number of aryl methyl sites for hydroxylation is 2. The van der Waals surface area contributed by atoms with Gasteiger partial charge in [0.1, 0.15) is 11.6 Å². The summed E-state index contributed by atoms with van der Waals surface area (Å²) in [6.45, 7) is 3.53. The van der Waals surface area contributed by atoms with E-state index >= 15 is 0 Å². The van der Waals surface area contributed by atoms with Crippen LogP contribution < -0.4 is 14.4 Å². The summed E-state index contributed by atoms with van der Waals surface area (Å²) >= 11 is 0. The first-order chi connectivity index (χ1) is 14.7. The Hall–Kier alpha value is -3.39. The molecule has 8 heteroatoms. The normalized spacial score (nSPS) is 15.7. The Bertz CT molecular complexity index is 1230. The van der Waals surface area contributed by atoms with Crippen LogP contribution in [0.1, 0.15) is 11.1 Å². The largest absolute Gasteiger partial charge is 0.476 e. The zero-order valence-corrected chi connectivity index (χ0v) is 17.8. The lowest BCUT2D eigenvalue weighted by Crippen LogP contribution is -2.48. The Morgan fingerprint density at radius 3 is 2.32 bits per heavy atom. The molecular weight excluding hydrogens is 419 g/mol. The van der Waals surface area contributed by atoms with Crippen molar-refractivity contribution in [2.75, 3.05) is 16.2 Å². The fraction of sp³-hybridized carbons (Fsp3) is 0.174. The van der Waals surface area contributed by atoms with E-state index in [2.05, 4.69) is 5.32 Å². The van der Waals surface area contributed by atoms with Crippen LogP contribution in [-0.4, -0.2) is 27.0 Å². The maximum Gasteiger partial charge on any atom is 0.267 e. The van der Waals surface area contributed by atoms with Gasteiger partial charge in [0.05, 0.1) is 17.1 Å². The minimum absolute atomic E-state index is 0.130. The summed E-state index contributed by atoms with van der Waals surface area (Å²) in [5.74, 6) is -0.652. The van der Waals surface area contributed by atoms with Crippen molar-refractivity contribution in [2.45, 2.75) is 24.8 Å². The van der Waals surface area contributed by atoms with E-state index in [-0.39, 0.29) is 11.4 Å². The van der Waals surface area contributed by atoms with Crippen molar-refractivity contribution < 1.29 is 22.3 Å². The highest BCUT2D eigenvalue weighted by molar-refractivity contribution is 7.92. The van der Waals surface area contributed by atoms with Crippen LogP contribution in [-0.2, 0) is 14.8 Å². The first-order valence-corrected chi connectivity index (χ1v) is 11.1. The number of nitrogens with one attached hydrogen (secondary N) is 1. The van der Waals surface area contributed by atoms with Gasteiger partial charge in [-0.3, -0.25) is 9.10 Å². The van der Waals surface area contributed by atoms with Gasteiger partial charge >= 0.3 is 0 Å². The molecule has 0 radical (unpaired) electrons. The third kappa shape index (κ3) is 4.25. The number of anilines is 2. The number of hydrogen-bond donors (Lipinski definition) is 1.